The molecule has 2 fully saturated rings. The largest absolute Gasteiger partial charge is 0.506 e. The Bertz CT molecular complexity index is 1120. The molecule has 3 N–H and O–H groups in total. The Labute approximate surface area is 203 Å². The molecule has 5 rings (SSSR count). The number of likely N-dealkylation sites (N-methyl/N-ethyl adjacent to an activating group) is 1. The number of carbonyl (C=O) groups excluding carboxylic acids is 1. The number of para-hydroxylation sites is 2. The minimum absolute atomic E-state index is 0.0389. The summed E-state index contributed by atoms with van der Waals surface area (Å²) < 4.78 is 0. The van der Waals surface area contributed by atoms with Gasteiger partial charge in [0, 0.05) is 16.9 Å². The smallest absolute Gasteiger partial charge is 0.229 e. The number of rotatable bonds is 3. The first-order chi connectivity index (χ1) is 16.0. The lowest BCUT2D eigenvalue weighted by Gasteiger charge is -2.65. The van der Waals surface area contributed by atoms with Crippen LogP contribution in [0.2, 0.25) is 0 Å². The molecule has 5 heteroatoms. The molecule has 0 spiro atoms. The molecule has 3 atom stereocenters. The first-order valence-electron chi connectivity index (χ1n) is 12.8. The average molecular weight is 462 g/mol. The number of hydrogen-bond acceptors (Lipinski definition) is 4. The van der Waals surface area contributed by atoms with Gasteiger partial charge in [0.15, 0.2) is 0 Å². The number of phenols is 1. The molecule has 1 aliphatic heterocycles. The topological polar surface area (TPSA) is 64.6 Å². The highest BCUT2D eigenvalue weighted by Gasteiger charge is 2.60. The number of hydrogen-bond donors (Lipinski definition) is 3. The van der Waals surface area contributed by atoms with Crippen molar-refractivity contribution in [2.24, 2.45) is 10.8 Å². The van der Waals surface area contributed by atoms with Crippen LogP contribution in [0.3, 0.4) is 0 Å². The maximum atomic E-state index is 12.6. The number of aromatic hydroxyl groups is 1. The number of phenolic OH excluding ortho intramolecular Hbond substituents is 1. The van der Waals surface area contributed by atoms with Gasteiger partial charge in [-0.05, 0) is 80.1 Å². The first-order valence-corrected chi connectivity index (χ1v) is 12.8. The summed E-state index contributed by atoms with van der Waals surface area (Å²) in [6.07, 6.45) is 7.24. The number of likely N-dealkylation sites (tertiary alicyclic amines) is 1. The number of carbonyl (C=O) groups is 1. The van der Waals surface area contributed by atoms with Crippen molar-refractivity contribution in [3.8, 4) is 5.75 Å². The maximum absolute atomic E-state index is 12.6. The molecule has 1 heterocycles. The van der Waals surface area contributed by atoms with Gasteiger partial charge in [-0.3, -0.25) is 4.79 Å². The van der Waals surface area contributed by atoms with Crippen molar-refractivity contribution in [2.45, 2.75) is 77.7 Å². The summed E-state index contributed by atoms with van der Waals surface area (Å²) >= 11 is 0. The molecular formula is C29H39N3O2. The van der Waals surface area contributed by atoms with Crippen LogP contribution in [0.25, 0.3) is 0 Å². The second-order valence-corrected chi connectivity index (χ2v) is 12.1. The van der Waals surface area contributed by atoms with Crippen molar-refractivity contribution in [1.29, 1.82) is 0 Å². The van der Waals surface area contributed by atoms with E-state index in [4.69, 9.17) is 0 Å². The van der Waals surface area contributed by atoms with Crippen LogP contribution in [0.15, 0.2) is 36.4 Å². The molecule has 5 nitrogen and oxygen atoms in total. The van der Waals surface area contributed by atoms with E-state index in [9.17, 15) is 9.90 Å². The molecule has 0 aromatic heterocycles. The van der Waals surface area contributed by atoms with E-state index in [1.165, 1.54) is 36.8 Å². The predicted molar refractivity (Wildman–Crippen MR) is 139 cm³/mol. The highest BCUT2D eigenvalue weighted by molar-refractivity contribution is 5.98. The van der Waals surface area contributed by atoms with E-state index in [2.05, 4.69) is 41.6 Å². The average Bonchev–Trinajstić information content (AvgIpc) is 2.78. The van der Waals surface area contributed by atoms with Crippen LogP contribution < -0.4 is 10.6 Å². The van der Waals surface area contributed by atoms with Gasteiger partial charge in [-0.25, -0.2) is 0 Å². The Kier molecular flexibility index (Phi) is 5.47. The monoisotopic (exact) mass is 461 g/mol. The van der Waals surface area contributed by atoms with Crippen LogP contribution in [0, 0.1) is 10.8 Å². The van der Waals surface area contributed by atoms with Crippen molar-refractivity contribution in [2.75, 3.05) is 24.2 Å². The van der Waals surface area contributed by atoms with Gasteiger partial charge >= 0.3 is 0 Å². The van der Waals surface area contributed by atoms with Crippen LogP contribution in [0.1, 0.15) is 70.9 Å². The number of anilines is 3. The van der Waals surface area contributed by atoms with Gasteiger partial charge in [-0.15, -0.1) is 0 Å². The number of piperidine rings is 1. The highest BCUT2D eigenvalue weighted by atomic mass is 16.3. The Morgan fingerprint density at radius 3 is 2.50 bits per heavy atom. The first kappa shape index (κ1) is 23.2. The fourth-order valence-electron chi connectivity index (χ4n) is 7.02. The normalized spacial score (nSPS) is 28.6. The van der Waals surface area contributed by atoms with Crippen LogP contribution >= 0.6 is 0 Å². The Morgan fingerprint density at radius 2 is 1.76 bits per heavy atom. The van der Waals surface area contributed by atoms with Crippen molar-refractivity contribution in [3.05, 3.63) is 47.5 Å². The molecule has 3 aliphatic rings. The van der Waals surface area contributed by atoms with Crippen LogP contribution in [0.4, 0.5) is 17.1 Å². The summed E-state index contributed by atoms with van der Waals surface area (Å²) in [6, 6.07) is 12.4. The molecule has 0 unspecified atom stereocenters. The maximum Gasteiger partial charge on any atom is 0.229 e. The molecule has 1 saturated heterocycles. The standard InChI is InChI=1S/C29H39N3O2/c1-27(2,3)26(34)31-22-11-7-6-10-21(22)30-23-16-19-17-25-28(4)12-8-9-13-29(28,14-15-32(25)5)20(19)18-24(23)33/h6-7,10-11,16,18,25,30,33H,8-9,12-15,17H2,1-5H3,(H,31,34)/t25-,28+,29+/m0/s1. The fraction of sp³-hybridized carbons (Fsp3) is 0.552. The zero-order valence-electron chi connectivity index (χ0n) is 21.3. The Balaban J connectivity index is 1.52. The van der Waals surface area contributed by atoms with E-state index in [0.29, 0.717) is 11.7 Å². The number of nitrogens with one attached hydrogen (secondary N) is 2. The van der Waals surface area contributed by atoms with Gasteiger partial charge in [0.05, 0.1) is 17.1 Å². The van der Waals surface area contributed by atoms with Crippen LogP contribution in [-0.2, 0) is 16.6 Å². The third-order valence-corrected chi connectivity index (χ3v) is 9.08. The lowest BCUT2D eigenvalue weighted by molar-refractivity contribution is -0.123. The van der Waals surface area contributed by atoms with Gasteiger partial charge in [-0.2, -0.15) is 0 Å². The molecule has 2 aromatic rings. The summed E-state index contributed by atoms with van der Waals surface area (Å²) in [5.41, 5.74) is 4.85. The molecule has 1 amide bonds. The second kappa shape index (κ2) is 8.01. The SMILES string of the molecule is CN1CC[C@@]23CCCC[C@]2(C)[C@@H]1Cc1cc(Nc2ccccc2NC(=O)C(C)(C)C)c(O)cc13. The Hall–Kier alpha value is -2.53. The molecule has 2 aromatic carbocycles. The summed E-state index contributed by atoms with van der Waals surface area (Å²) in [4.78, 5) is 15.2. The van der Waals surface area contributed by atoms with E-state index in [-0.39, 0.29) is 22.5 Å². The fourth-order valence-corrected chi connectivity index (χ4v) is 7.02. The summed E-state index contributed by atoms with van der Waals surface area (Å²) in [7, 11) is 2.28. The van der Waals surface area contributed by atoms with Crippen molar-refractivity contribution >= 4 is 23.0 Å². The lowest BCUT2D eigenvalue weighted by atomic mass is 9.45. The van der Waals surface area contributed by atoms with Gasteiger partial charge in [0.2, 0.25) is 5.91 Å². The molecule has 2 aliphatic carbocycles. The summed E-state index contributed by atoms with van der Waals surface area (Å²) in [6.45, 7) is 9.34. The second-order valence-electron chi connectivity index (χ2n) is 12.1. The number of benzene rings is 2. The van der Waals surface area contributed by atoms with Crippen molar-refractivity contribution in [3.63, 3.8) is 0 Å². The van der Waals surface area contributed by atoms with Crippen molar-refractivity contribution < 1.29 is 9.90 Å². The van der Waals surface area contributed by atoms with E-state index in [1.54, 1.807) is 0 Å². The summed E-state index contributed by atoms with van der Waals surface area (Å²) in [5, 5.41) is 17.7. The summed E-state index contributed by atoms with van der Waals surface area (Å²) in [5.74, 6) is 0.248. The number of fused-ring (bicyclic) bond motifs is 1. The number of nitrogens with zero attached hydrogens (tertiary/aromatic N) is 1. The van der Waals surface area contributed by atoms with E-state index < -0.39 is 5.41 Å². The minimum atomic E-state index is -0.489. The van der Waals surface area contributed by atoms with Gasteiger partial charge in [-0.1, -0.05) is 52.7 Å². The molecular weight excluding hydrogens is 422 g/mol. The quantitative estimate of drug-likeness (QED) is 0.476. The Morgan fingerprint density at radius 1 is 1.06 bits per heavy atom. The van der Waals surface area contributed by atoms with E-state index >= 15 is 0 Å². The third kappa shape index (κ3) is 3.51. The van der Waals surface area contributed by atoms with Gasteiger partial charge in [0.25, 0.3) is 0 Å². The molecule has 34 heavy (non-hydrogen) atoms. The van der Waals surface area contributed by atoms with E-state index in [1.807, 2.05) is 45.0 Å². The van der Waals surface area contributed by atoms with Gasteiger partial charge in [0.1, 0.15) is 5.75 Å². The lowest BCUT2D eigenvalue weighted by Crippen LogP contribution is -2.66. The van der Waals surface area contributed by atoms with Crippen molar-refractivity contribution in [1.82, 2.24) is 4.90 Å². The van der Waals surface area contributed by atoms with E-state index in [0.717, 1.165) is 30.8 Å². The predicted octanol–water partition coefficient (Wildman–Crippen LogP) is 6.20. The molecule has 2 bridgehead atoms. The molecule has 182 valence electrons. The van der Waals surface area contributed by atoms with Gasteiger partial charge < -0.3 is 20.6 Å². The third-order valence-electron chi connectivity index (χ3n) is 9.08. The molecule has 0 radical (unpaired) electrons. The molecule has 1 saturated carbocycles. The highest BCUT2D eigenvalue weighted by Crippen LogP contribution is 2.63. The minimum Gasteiger partial charge on any atom is -0.506 e. The van der Waals surface area contributed by atoms with Crippen LogP contribution in [-0.4, -0.2) is 35.5 Å². The van der Waals surface area contributed by atoms with Crippen LogP contribution in [0.5, 0.6) is 5.75 Å². The number of amides is 1. The zero-order chi connectivity index (χ0) is 24.3. The zero-order valence-corrected chi connectivity index (χ0v) is 21.3.